The number of benzene rings is 2. The van der Waals surface area contributed by atoms with Crippen molar-refractivity contribution in [1.29, 1.82) is 0 Å². The van der Waals surface area contributed by atoms with Gasteiger partial charge in [-0.05, 0) is 30.0 Å². The number of non-ortho nitro benzene ring substituents is 1. The van der Waals surface area contributed by atoms with Gasteiger partial charge in [-0.25, -0.2) is 0 Å². The summed E-state index contributed by atoms with van der Waals surface area (Å²) in [6, 6.07) is 15.8. The quantitative estimate of drug-likeness (QED) is 0.690. The van der Waals surface area contributed by atoms with Crippen molar-refractivity contribution in [3.63, 3.8) is 0 Å². The molecule has 5 nitrogen and oxygen atoms in total. The van der Waals surface area contributed by atoms with E-state index in [1.807, 2.05) is 30.3 Å². The number of amides is 1. The van der Waals surface area contributed by atoms with Crippen LogP contribution in [-0.4, -0.2) is 10.8 Å². The Bertz CT molecular complexity index is 668. The summed E-state index contributed by atoms with van der Waals surface area (Å²) in [5, 5.41) is 13.4. The van der Waals surface area contributed by atoms with E-state index in [0.29, 0.717) is 5.69 Å². The minimum absolute atomic E-state index is 0.0115. The van der Waals surface area contributed by atoms with Crippen LogP contribution in [0.15, 0.2) is 54.6 Å². The van der Waals surface area contributed by atoms with Crippen molar-refractivity contribution in [3.05, 3.63) is 70.3 Å². The van der Waals surface area contributed by atoms with E-state index in [4.69, 9.17) is 0 Å². The van der Waals surface area contributed by atoms with E-state index in [0.717, 1.165) is 6.42 Å². The van der Waals surface area contributed by atoms with E-state index in [-0.39, 0.29) is 23.4 Å². The summed E-state index contributed by atoms with van der Waals surface area (Å²) in [5.74, 6) is 0.240. The minimum Gasteiger partial charge on any atom is -0.326 e. The number of nitrogens with zero attached hydrogens (tertiary/aromatic N) is 1. The molecule has 2 aromatic carbocycles. The van der Waals surface area contributed by atoms with Crippen LogP contribution in [0.1, 0.15) is 17.9 Å². The van der Waals surface area contributed by atoms with Gasteiger partial charge in [-0.15, -0.1) is 0 Å². The summed E-state index contributed by atoms with van der Waals surface area (Å²) in [6.07, 6.45) is 0.850. The van der Waals surface area contributed by atoms with Crippen LogP contribution >= 0.6 is 0 Å². The molecule has 5 heteroatoms. The zero-order chi connectivity index (χ0) is 14.8. The van der Waals surface area contributed by atoms with Crippen LogP contribution in [0, 0.1) is 16.0 Å². The number of carbonyl (C=O) groups is 1. The van der Waals surface area contributed by atoms with Crippen molar-refractivity contribution in [1.82, 2.24) is 0 Å². The van der Waals surface area contributed by atoms with Gasteiger partial charge in [0.1, 0.15) is 0 Å². The van der Waals surface area contributed by atoms with Gasteiger partial charge in [0.2, 0.25) is 5.91 Å². The maximum atomic E-state index is 12.1. The predicted octanol–water partition coefficient (Wildman–Crippen LogP) is 3.34. The van der Waals surface area contributed by atoms with Gasteiger partial charge < -0.3 is 5.32 Å². The third-order valence-electron chi connectivity index (χ3n) is 3.70. The van der Waals surface area contributed by atoms with Crippen molar-refractivity contribution in [2.24, 2.45) is 5.92 Å². The van der Waals surface area contributed by atoms with Crippen molar-refractivity contribution in [3.8, 4) is 0 Å². The molecule has 0 aromatic heterocycles. The zero-order valence-electron chi connectivity index (χ0n) is 11.2. The highest BCUT2D eigenvalue weighted by Crippen LogP contribution is 2.47. The Labute approximate surface area is 121 Å². The highest BCUT2D eigenvalue weighted by molar-refractivity contribution is 5.95. The van der Waals surface area contributed by atoms with E-state index < -0.39 is 4.92 Å². The van der Waals surface area contributed by atoms with E-state index in [1.54, 1.807) is 12.1 Å². The van der Waals surface area contributed by atoms with Gasteiger partial charge in [-0.2, -0.15) is 0 Å². The largest absolute Gasteiger partial charge is 0.326 e. The zero-order valence-corrected chi connectivity index (χ0v) is 11.2. The number of nitrogens with one attached hydrogen (secondary N) is 1. The second-order valence-electron chi connectivity index (χ2n) is 5.15. The first-order valence-corrected chi connectivity index (χ1v) is 6.75. The van der Waals surface area contributed by atoms with E-state index >= 15 is 0 Å². The van der Waals surface area contributed by atoms with Gasteiger partial charge in [0, 0.05) is 23.7 Å². The van der Waals surface area contributed by atoms with E-state index in [1.165, 1.54) is 17.7 Å². The van der Waals surface area contributed by atoms with E-state index in [9.17, 15) is 14.9 Å². The molecule has 3 rings (SSSR count). The molecular formula is C16H14N2O3. The average Bonchev–Trinajstić information content (AvgIpc) is 3.29. The molecule has 2 aromatic rings. The maximum Gasteiger partial charge on any atom is 0.269 e. The molecule has 1 N–H and O–H groups in total. The van der Waals surface area contributed by atoms with Gasteiger partial charge in [0.05, 0.1) is 4.92 Å². The lowest BCUT2D eigenvalue weighted by atomic mass is 10.1. The van der Waals surface area contributed by atoms with Crippen LogP contribution in [0.4, 0.5) is 11.4 Å². The van der Waals surface area contributed by atoms with E-state index in [2.05, 4.69) is 5.32 Å². The molecule has 0 aliphatic heterocycles. The maximum absolute atomic E-state index is 12.1. The van der Waals surface area contributed by atoms with Gasteiger partial charge in [-0.1, -0.05) is 30.3 Å². The summed E-state index contributed by atoms with van der Waals surface area (Å²) in [6.45, 7) is 0. The second-order valence-corrected chi connectivity index (χ2v) is 5.15. The number of anilines is 1. The normalized spacial score (nSPS) is 19.8. The number of hydrogen-bond acceptors (Lipinski definition) is 3. The number of carbonyl (C=O) groups excluding carboxylic acids is 1. The monoisotopic (exact) mass is 282 g/mol. The molecule has 106 valence electrons. The first kappa shape index (κ1) is 13.3. The van der Waals surface area contributed by atoms with Crippen LogP contribution in [0.3, 0.4) is 0 Å². The molecule has 0 heterocycles. The Morgan fingerprint density at radius 2 is 1.76 bits per heavy atom. The number of nitro benzene ring substituents is 1. The molecule has 0 saturated heterocycles. The van der Waals surface area contributed by atoms with Gasteiger partial charge in [-0.3, -0.25) is 14.9 Å². The molecule has 1 aliphatic carbocycles. The smallest absolute Gasteiger partial charge is 0.269 e. The molecule has 1 amide bonds. The molecule has 0 unspecified atom stereocenters. The molecular weight excluding hydrogens is 268 g/mol. The Morgan fingerprint density at radius 1 is 1.10 bits per heavy atom. The lowest BCUT2D eigenvalue weighted by molar-refractivity contribution is -0.384. The fourth-order valence-electron chi connectivity index (χ4n) is 2.45. The Balaban J connectivity index is 1.62. The average molecular weight is 282 g/mol. The fraction of sp³-hybridized carbons (Fsp3) is 0.188. The predicted molar refractivity (Wildman–Crippen MR) is 79.0 cm³/mol. The first-order valence-electron chi connectivity index (χ1n) is 6.75. The lowest BCUT2D eigenvalue weighted by Gasteiger charge is -2.04. The van der Waals surface area contributed by atoms with Crippen LogP contribution in [-0.2, 0) is 4.79 Å². The van der Waals surface area contributed by atoms with Crippen molar-refractivity contribution < 1.29 is 9.72 Å². The molecule has 1 fully saturated rings. The first-order chi connectivity index (χ1) is 10.1. The molecule has 0 radical (unpaired) electrons. The summed E-state index contributed by atoms with van der Waals surface area (Å²) in [4.78, 5) is 22.2. The molecule has 0 spiro atoms. The molecule has 1 aliphatic rings. The highest BCUT2D eigenvalue weighted by Gasteiger charge is 2.43. The minimum atomic E-state index is -0.460. The van der Waals surface area contributed by atoms with Crippen LogP contribution in [0.2, 0.25) is 0 Å². The molecule has 21 heavy (non-hydrogen) atoms. The summed E-state index contributed by atoms with van der Waals surface area (Å²) < 4.78 is 0. The highest BCUT2D eigenvalue weighted by atomic mass is 16.6. The Hall–Kier alpha value is -2.69. The van der Waals surface area contributed by atoms with Crippen molar-refractivity contribution >= 4 is 17.3 Å². The standard InChI is InChI=1S/C16H14N2O3/c19-16(15-10-14(15)11-4-2-1-3-5-11)17-12-6-8-13(9-7-12)18(20)21/h1-9,14-15H,10H2,(H,17,19)/t14-,15-/m1/s1. The van der Waals surface area contributed by atoms with Crippen LogP contribution in [0.5, 0.6) is 0 Å². The molecule has 2 atom stereocenters. The second kappa shape index (κ2) is 5.36. The number of rotatable bonds is 4. The van der Waals surface area contributed by atoms with Gasteiger partial charge in [0.15, 0.2) is 0 Å². The molecule has 1 saturated carbocycles. The summed E-state index contributed by atoms with van der Waals surface area (Å²) in [5.41, 5.74) is 1.78. The fourth-order valence-corrected chi connectivity index (χ4v) is 2.45. The van der Waals surface area contributed by atoms with Crippen LogP contribution < -0.4 is 5.32 Å². The van der Waals surface area contributed by atoms with Crippen molar-refractivity contribution in [2.75, 3.05) is 5.32 Å². The number of hydrogen-bond donors (Lipinski definition) is 1. The topological polar surface area (TPSA) is 72.2 Å². The number of nitro groups is 1. The molecule has 0 bridgehead atoms. The lowest BCUT2D eigenvalue weighted by Crippen LogP contribution is -2.14. The third kappa shape index (κ3) is 2.91. The summed E-state index contributed by atoms with van der Waals surface area (Å²) >= 11 is 0. The Morgan fingerprint density at radius 3 is 2.38 bits per heavy atom. The van der Waals surface area contributed by atoms with Gasteiger partial charge in [0.25, 0.3) is 5.69 Å². The third-order valence-corrected chi connectivity index (χ3v) is 3.70. The van der Waals surface area contributed by atoms with Crippen molar-refractivity contribution in [2.45, 2.75) is 12.3 Å². The Kier molecular flexibility index (Phi) is 3.39. The van der Waals surface area contributed by atoms with Crippen LogP contribution in [0.25, 0.3) is 0 Å². The van der Waals surface area contributed by atoms with Gasteiger partial charge >= 0.3 is 0 Å². The SMILES string of the molecule is O=C(Nc1ccc([N+](=O)[O-])cc1)[C@@H]1C[C@@H]1c1ccccc1. The summed E-state index contributed by atoms with van der Waals surface area (Å²) in [7, 11) is 0.